The van der Waals surface area contributed by atoms with E-state index in [-0.39, 0.29) is 5.75 Å². The zero-order valence-electron chi connectivity index (χ0n) is 11.9. The maximum Gasteiger partial charge on any atom is 0.161 e. The van der Waals surface area contributed by atoms with Gasteiger partial charge in [-0.3, -0.25) is 0 Å². The van der Waals surface area contributed by atoms with Crippen molar-refractivity contribution in [3.63, 3.8) is 0 Å². The molecule has 0 bridgehead atoms. The van der Waals surface area contributed by atoms with E-state index in [0.717, 1.165) is 18.5 Å². The molecule has 0 radical (unpaired) electrons. The molecule has 1 aromatic rings. The first-order valence-corrected chi connectivity index (χ1v) is 6.71. The number of nitrogens with one attached hydrogen (secondary N) is 1. The monoisotopic (exact) mass is 251 g/mol. The summed E-state index contributed by atoms with van der Waals surface area (Å²) in [6.07, 6.45) is 1.16. The third kappa shape index (κ3) is 4.96. The van der Waals surface area contributed by atoms with Crippen LogP contribution in [0.5, 0.6) is 11.5 Å². The van der Waals surface area contributed by atoms with Gasteiger partial charge in [0.05, 0.1) is 6.61 Å². The highest BCUT2D eigenvalue weighted by molar-refractivity contribution is 5.41. The van der Waals surface area contributed by atoms with Gasteiger partial charge in [0.2, 0.25) is 0 Å². The van der Waals surface area contributed by atoms with Crippen LogP contribution in [0.15, 0.2) is 18.2 Å². The van der Waals surface area contributed by atoms with Crippen LogP contribution in [0.3, 0.4) is 0 Å². The molecule has 1 atom stereocenters. The lowest BCUT2D eigenvalue weighted by atomic mass is 10.0. The average molecular weight is 251 g/mol. The molecule has 102 valence electrons. The highest BCUT2D eigenvalue weighted by atomic mass is 16.5. The number of rotatable bonds is 7. The third-order valence-electron chi connectivity index (χ3n) is 2.80. The molecular formula is C15H25NO2. The van der Waals surface area contributed by atoms with Crippen molar-refractivity contribution < 1.29 is 9.84 Å². The Balaban J connectivity index is 2.54. The zero-order chi connectivity index (χ0) is 13.5. The summed E-state index contributed by atoms with van der Waals surface area (Å²) in [6.45, 7) is 9.93. The maximum absolute atomic E-state index is 9.62. The lowest BCUT2D eigenvalue weighted by Gasteiger charge is -2.16. The van der Waals surface area contributed by atoms with E-state index in [1.807, 2.05) is 19.1 Å². The summed E-state index contributed by atoms with van der Waals surface area (Å²) in [7, 11) is 0. The molecule has 0 saturated heterocycles. The minimum absolute atomic E-state index is 0.204. The summed E-state index contributed by atoms with van der Waals surface area (Å²) in [5.41, 5.74) is 1.13. The molecule has 0 aliphatic carbocycles. The maximum atomic E-state index is 9.62. The number of hydrogen-bond acceptors (Lipinski definition) is 3. The van der Waals surface area contributed by atoms with Crippen molar-refractivity contribution in [2.45, 2.75) is 46.7 Å². The van der Waals surface area contributed by atoms with E-state index in [1.54, 1.807) is 6.07 Å². The van der Waals surface area contributed by atoms with Crippen molar-refractivity contribution in [3.8, 4) is 11.5 Å². The smallest absolute Gasteiger partial charge is 0.161 e. The highest BCUT2D eigenvalue weighted by Crippen LogP contribution is 2.26. The van der Waals surface area contributed by atoms with Gasteiger partial charge in [-0.1, -0.05) is 19.9 Å². The molecule has 0 amide bonds. The van der Waals surface area contributed by atoms with Crippen LogP contribution < -0.4 is 10.1 Å². The Morgan fingerprint density at radius 1 is 1.28 bits per heavy atom. The van der Waals surface area contributed by atoms with Crippen LogP contribution >= 0.6 is 0 Å². The van der Waals surface area contributed by atoms with Crippen LogP contribution in [0.2, 0.25) is 0 Å². The van der Waals surface area contributed by atoms with Gasteiger partial charge in [-0.25, -0.2) is 0 Å². The van der Waals surface area contributed by atoms with Crippen molar-refractivity contribution in [2.24, 2.45) is 5.92 Å². The van der Waals surface area contributed by atoms with Crippen LogP contribution in [0.25, 0.3) is 0 Å². The van der Waals surface area contributed by atoms with Crippen molar-refractivity contribution in [3.05, 3.63) is 23.8 Å². The third-order valence-corrected chi connectivity index (χ3v) is 2.80. The van der Waals surface area contributed by atoms with Gasteiger partial charge in [-0.05, 0) is 43.9 Å². The van der Waals surface area contributed by atoms with E-state index in [2.05, 4.69) is 26.1 Å². The SMILES string of the molecule is CCOc1cc(CNC(C)CC(C)C)ccc1O. The van der Waals surface area contributed by atoms with Gasteiger partial charge in [-0.2, -0.15) is 0 Å². The molecule has 0 fully saturated rings. The molecule has 1 rings (SSSR count). The van der Waals surface area contributed by atoms with Gasteiger partial charge in [0.1, 0.15) is 0 Å². The summed E-state index contributed by atoms with van der Waals surface area (Å²) in [6, 6.07) is 6.00. The molecule has 18 heavy (non-hydrogen) atoms. The summed E-state index contributed by atoms with van der Waals surface area (Å²) in [5, 5.41) is 13.1. The van der Waals surface area contributed by atoms with Gasteiger partial charge in [0.25, 0.3) is 0 Å². The predicted molar refractivity (Wildman–Crippen MR) is 75.0 cm³/mol. The average Bonchev–Trinajstić information content (AvgIpc) is 2.29. The molecule has 0 aromatic heterocycles. The number of aromatic hydroxyl groups is 1. The molecule has 3 heteroatoms. The molecule has 1 aromatic carbocycles. The Labute approximate surface area is 110 Å². The Morgan fingerprint density at radius 3 is 2.61 bits per heavy atom. The molecule has 2 N–H and O–H groups in total. The summed E-state index contributed by atoms with van der Waals surface area (Å²) >= 11 is 0. The minimum Gasteiger partial charge on any atom is -0.504 e. The van der Waals surface area contributed by atoms with Crippen molar-refractivity contribution in [1.29, 1.82) is 0 Å². The summed E-state index contributed by atoms with van der Waals surface area (Å²) in [5.74, 6) is 1.47. The van der Waals surface area contributed by atoms with Gasteiger partial charge in [-0.15, -0.1) is 0 Å². The van der Waals surface area contributed by atoms with Gasteiger partial charge < -0.3 is 15.2 Å². The first kappa shape index (κ1) is 14.8. The number of hydrogen-bond donors (Lipinski definition) is 2. The quantitative estimate of drug-likeness (QED) is 0.781. The van der Waals surface area contributed by atoms with Gasteiger partial charge >= 0.3 is 0 Å². The second-order valence-corrected chi connectivity index (χ2v) is 5.15. The van der Waals surface area contributed by atoms with Crippen LogP contribution in [-0.4, -0.2) is 17.8 Å². The molecule has 0 spiro atoms. The Bertz CT molecular complexity index is 364. The van der Waals surface area contributed by atoms with Crippen LogP contribution in [0, 0.1) is 5.92 Å². The van der Waals surface area contributed by atoms with E-state index >= 15 is 0 Å². The van der Waals surface area contributed by atoms with Gasteiger partial charge in [0, 0.05) is 12.6 Å². The second kappa shape index (κ2) is 7.27. The van der Waals surface area contributed by atoms with Crippen molar-refractivity contribution in [2.75, 3.05) is 6.61 Å². The first-order chi connectivity index (χ1) is 8.52. The fourth-order valence-electron chi connectivity index (χ4n) is 2.02. The molecule has 3 nitrogen and oxygen atoms in total. The van der Waals surface area contributed by atoms with Crippen molar-refractivity contribution in [1.82, 2.24) is 5.32 Å². The normalized spacial score (nSPS) is 12.7. The molecule has 1 unspecified atom stereocenters. The number of phenols is 1. The second-order valence-electron chi connectivity index (χ2n) is 5.15. The Morgan fingerprint density at radius 2 is 2.00 bits per heavy atom. The molecular weight excluding hydrogens is 226 g/mol. The van der Waals surface area contributed by atoms with E-state index in [1.165, 1.54) is 0 Å². The molecule has 0 aliphatic rings. The number of ether oxygens (including phenoxy) is 1. The first-order valence-electron chi connectivity index (χ1n) is 6.71. The van der Waals surface area contributed by atoms with Gasteiger partial charge in [0.15, 0.2) is 11.5 Å². The molecule has 0 heterocycles. The Hall–Kier alpha value is -1.22. The van der Waals surface area contributed by atoms with E-state index in [4.69, 9.17) is 4.74 Å². The zero-order valence-corrected chi connectivity index (χ0v) is 11.9. The van der Waals surface area contributed by atoms with Crippen LogP contribution in [-0.2, 0) is 6.54 Å². The number of benzene rings is 1. The Kier molecular flexibility index (Phi) is 5.99. The highest BCUT2D eigenvalue weighted by Gasteiger charge is 2.06. The predicted octanol–water partition coefficient (Wildman–Crippen LogP) is 3.32. The van der Waals surface area contributed by atoms with Crippen molar-refractivity contribution >= 4 is 0 Å². The standard InChI is InChI=1S/C15H25NO2/c1-5-18-15-9-13(6-7-14(15)17)10-16-12(4)8-11(2)3/h6-7,9,11-12,16-17H,5,8,10H2,1-4H3. The largest absolute Gasteiger partial charge is 0.504 e. The fourth-order valence-corrected chi connectivity index (χ4v) is 2.02. The lowest BCUT2D eigenvalue weighted by Crippen LogP contribution is -2.26. The summed E-state index contributed by atoms with van der Waals surface area (Å²) < 4.78 is 5.37. The molecule has 0 saturated carbocycles. The van der Waals surface area contributed by atoms with Crippen LogP contribution in [0.1, 0.15) is 39.7 Å². The lowest BCUT2D eigenvalue weighted by molar-refractivity contribution is 0.317. The number of phenolic OH excluding ortho intramolecular Hbond substituents is 1. The van der Waals surface area contributed by atoms with E-state index < -0.39 is 0 Å². The molecule has 0 aliphatic heterocycles. The fraction of sp³-hybridized carbons (Fsp3) is 0.600. The summed E-state index contributed by atoms with van der Waals surface area (Å²) in [4.78, 5) is 0. The van der Waals surface area contributed by atoms with E-state index in [0.29, 0.717) is 24.3 Å². The minimum atomic E-state index is 0.204. The van der Waals surface area contributed by atoms with Crippen LogP contribution in [0.4, 0.5) is 0 Å². The topological polar surface area (TPSA) is 41.5 Å². The van der Waals surface area contributed by atoms with E-state index in [9.17, 15) is 5.11 Å².